The molecule has 2 aliphatic heterocycles. The highest BCUT2D eigenvalue weighted by Crippen LogP contribution is 2.28. The van der Waals surface area contributed by atoms with Crippen LogP contribution < -0.4 is 5.32 Å². The Labute approximate surface area is 356 Å². The third kappa shape index (κ3) is 12.1. The van der Waals surface area contributed by atoms with Crippen LogP contribution in [0, 0.1) is 31.6 Å². The summed E-state index contributed by atoms with van der Waals surface area (Å²) in [6, 6.07) is 28.1. The standard InChI is InChI=1S/C24H27N3O3.C20H20N2O2.C4H7NO2/c1-15(2)10-17-4-6-18(7-5-17)23-25-22(26-30-23)19-8-9-20(16(3)11-19)12-27-13-21(14-27)24(28)29;1-13(2)10-15-4-6-16(7-5-15)20-21-19(22-24-20)17-8-9-18(12-23)14(3)11-17;6-3-7-4-1-5-2-4/h4-9,11,15,21H,10,12-14H2,1-3H3,(H,28,29);4-9,11-13H,10H2,1-3H3;3-5H,1-2H2. The molecule has 2 aliphatic rings. The van der Waals surface area contributed by atoms with Gasteiger partial charge in [0.25, 0.3) is 18.3 Å². The molecule has 8 rings (SSSR count). The first-order valence-corrected chi connectivity index (χ1v) is 20.7. The molecule has 0 amide bonds. The van der Waals surface area contributed by atoms with Crippen LogP contribution in [0.3, 0.4) is 0 Å². The predicted octanol–water partition coefficient (Wildman–Crippen LogP) is 8.28. The van der Waals surface area contributed by atoms with Crippen molar-refractivity contribution in [3.05, 3.63) is 118 Å². The Bertz CT molecular complexity index is 2380. The monoisotopic (exact) mass is 826 g/mol. The molecule has 13 heteroatoms. The minimum atomic E-state index is -0.708. The molecule has 0 saturated carbocycles. The molecule has 2 N–H and O–H groups in total. The minimum Gasteiger partial charge on any atom is -0.481 e. The van der Waals surface area contributed by atoms with Crippen LogP contribution >= 0.6 is 0 Å². The highest BCUT2D eigenvalue weighted by Gasteiger charge is 2.32. The molecule has 61 heavy (non-hydrogen) atoms. The fraction of sp³-hybridized carbons (Fsp3) is 0.354. The summed E-state index contributed by atoms with van der Waals surface area (Å²) in [5.41, 5.74) is 10.1. The van der Waals surface area contributed by atoms with E-state index in [-0.39, 0.29) is 12.0 Å². The van der Waals surface area contributed by atoms with E-state index < -0.39 is 5.97 Å². The van der Waals surface area contributed by atoms with Gasteiger partial charge in [0.2, 0.25) is 11.6 Å². The fourth-order valence-electron chi connectivity index (χ4n) is 6.92. The number of aliphatic carboxylic acids is 1. The van der Waals surface area contributed by atoms with Crippen LogP contribution in [0.2, 0.25) is 0 Å². The summed E-state index contributed by atoms with van der Waals surface area (Å²) in [6.45, 7) is 16.9. The molecule has 2 aromatic heterocycles. The smallest absolute Gasteiger partial charge is 0.309 e. The number of hydrogen-bond acceptors (Lipinski definition) is 12. The average molecular weight is 827 g/mol. The van der Waals surface area contributed by atoms with Gasteiger partial charge in [0.05, 0.1) is 5.92 Å². The summed E-state index contributed by atoms with van der Waals surface area (Å²) in [4.78, 5) is 42.6. The molecule has 2 saturated heterocycles. The van der Waals surface area contributed by atoms with Crippen molar-refractivity contribution in [1.29, 1.82) is 0 Å². The molecule has 0 radical (unpaired) electrons. The Morgan fingerprint density at radius 1 is 0.754 bits per heavy atom. The number of likely N-dealkylation sites (tertiary alicyclic amines) is 1. The zero-order valence-electron chi connectivity index (χ0n) is 35.6. The van der Waals surface area contributed by atoms with Crippen molar-refractivity contribution in [3.8, 4) is 45.7 Å². The van der Waals surface area contributed by atoms with Crippen molar-refractivity contribution in [1.82, 2.24) is 30.5 Å². The van der Waals surface area contributed by atoms with Gasteiger partial charge in [0.1, 0.15) is 12.4 Å². The van der Waals surface area contributed by atoms with E-state index in [2.05, 4.69) is 106 Å². The first kappa shape index (κ1) is 44.2. The second kappa shape index (κ2) is 20.8. The Kier molecular flexibility index (Phi) is 15.1. The maximum Gasteiger partial charge on any atom is 0.309 e. The first-order chi connectivity index (χ1) is 29.4. The van der Waals surface area contributed by atoms with Gasteiger partial charge in [-0.15, -0.1) is 0 Å². The quantitative estimate of drug-likeness (QED) is 0.101. The van der Waals surface area contributed by atoms with E-state index in [1.165, 1.54) is 16.7 Å². The number of carboxylic acids is 1. The number of carbonyl (C=O) groups is 3. The lowest BCUT2D eigenvalue weighted by atomic mass is 9.97. The van der Waals surface area contributed by atoms with E-state index in [4.69, 9.17) is 14.2 Å². The fourth-order valence-corrected chi connectivity index (χ4v) is 6.92. The van der Waals surface area contributed by atoms with E-state index >= 15 is 0 Å². The molecule has 13 nitrogen and oxygen atoms in total. The van der Waals surface area contributed by atoms with E-state index in [0.717, 1.165) is 72.1 Å². The normalized spacial score (nSPS) is 14.0. The summed E-state index contributed by atoms with van der Waals surface area (Å²) < 4.78 is 15.4. The van der Waals surface area contributed by atoms with Gasteiger partial charge >= 0.3 is 5.97 Å². The molecule has 0 aliphatic carbocycles. The predicted molar refractivity (Wildman–Crippen MR) is 232 cm³/mol. The molecular formula is C48H54N6O7. The van der Waals surface area contributed by atoms with Crippen LogP contribution in [0.25, 0.3) is 45.7 Å². The van der Waals surface area contributed by atoms with Gasteiger partial charge in [-0.2, -0.15) is 9.97 Å². The lowest BCUT2D eigenvalue weighted by Crippen LogP contribution is -2.49. The van der Waals surface area contributed by atoms with Crippen molar-refractivity contribution in [3.63, 3.8) is 0 Å². The minimum absolute atomic E-state index is 0.150. The highest BCUT2D eigenvalue weighted by atomic mass is 16.5. The zero-order valence-corrected chi connectivity index (χ0v) is 35.6. The van der Waals surface area contributed by atoms with E-state index in [1.807, 2.05) is 49.4 Å². The van der Waals surface area contributed by atoms with Gasteiger partial charge in [-0.25, -0.2) is 0 Å². The molecule has 6 aromatic rings. The number of hydrogen-bond donors (Lipinski definition) is 2. The molecule has 4 aromatic carbocycles. The van der Waals surface area contributed by atoms with Crippen LogP contribution in [-0.2, 0) is 33.7 Å². The lowest BCUT2D eigenvalue weighted by Gasteiger charge is -2.36. The second-order valence-corrected chi connectivity index (χ2v) is 16.5. The summed E-state index contributed by atoms with van der Waals surface area (Å²) >= 11 is 0. The molecule has 0 bridgehead atoms. The van der Waals surface area contributed by atoms with Gasteiger partial charge in [0, 0.05) is 60.5 Å². The Hall–Kier alpha value is -6.31. The van der Waals surface area contributed by atoms with E-state index in [1.54, 1.807) is 6.07 Å². The number of benzene rings is 4. The third-order valence-corrected chi connectivity index (χ3v) is 10.5. The largest absolute Gasteiger partial charge is 0.481 e. The number of carbonyl (C=O) groups excluding carboxylic acids is 2. The van der Waals surface area contributed by atoms with Gasteiger partial charge in [-0.3, -0.25) is 19.3 Å². The van der Waals surface area contributed by atoms with Crippen molar-refractivity contribution in [2.24, 2.45) is 17.8 Å². The average Bonchev–Trinajstić information content (AvgIpc) is 3.90. The van der Waals surface area contributed by atoms with Crippen molar-refractivity contribution < 1.29 is 33.3 Å². The number of aryl methyl sites for hydroxylation is 2. The Balaban J connectivity index is 0.000000179. The Morgan fingerprint density at radius 3 is 1.64 bits per heavy atom. The van der Waals surface area contributed by atoms with Crippen LogP contribution in [0.4, 0.5) is 0 Å². The molecular weight excluding hydrogens is 773 g/mol. The maximum absolute atomic E-state index is 11.0. The number of rotatable bonds is 14. The number of ether oxygens (including phenoxy) is 1. The number of carboxylic acid groups (broad SMARTS) is 1. The topological polar surface area (TPSA) is 174 Å². The Morgan fingerprint density at radius 2 is 1.25 bits per heavy atom. The molecule has 0 spiro atoms. The molecule has 2 fully saturated rings. The van der Waals surface area contributed by atoms with Gasteiger partial charge in [0.15, 0.2) is 0 Å². The molecule has 318 valence electrons. The molecule has 4 heterocycles. The van der Waals surface area contributed by atoms with Crippen LogP contribution in [0.5, 0.6) is 0 Å². The SMILES string of the molecule is Cc1cc(-c2noc(-c3ccc(CC(C)C)cc3)n2)ccc1C=O.Cc1cc(-c2noc(-c3ccc(CC(C)C)cc3)n2)ccc1CN1CC(C(=O)O)C1.O=COC1CNC1. The van der Waals surface area contributed by atoms with Gasteiger partial charge < -0.3 is 24.2 Å². The molecule has 0 unspecified atom stereocenters. The van der Waals surface area contributed by atoms with Crippen LogP contribution in [0.1, 0.15) is 65.9 Å². The van der Waals surface area contributed by atoms with Crippen molar-refractivity contribution in [2.75, 3.05) is 26.2 Å². The third-order valence-electron chi connectivity index (χ3n) is 10.5. The van der Waals surface area contributed by atoms with Crippen LogP contribution in [0.15, 0.2) is 94.0 Å². The number of nitrogens with one attached hydrogen (secondary N) is 1. The van der Waals surface area contributed by atoms with Crippen LogP contribution in [-0.4, -0.2) is 81.3 Å². The van der Waals surface area contributed by atoms with E-state index in [0.29, 0.717) is 60.4 Å². The summed E-state index contributed by atoms with van der Waals surface area (Å²) in [7, 11) is 0. The number of aldehydes is 1. The summed E-state index contributed by atoms with van der Waals surface area (Å²) in [5, 5.41) is 20.2. The highest BCUT2D eigenvalue weighted by molar-refractivity contribution is 5.79. The zero-order chi connectivity index (χ0) is 43.5. The van der Waals surface area contributed by atoms with Gasteiger partial charge in [-0.05, 0) is 103 Å². The maximum atomic E-state index is 11.0. The number of aromatic nitrogens is 4. The van der Waals surface area contributed by atoms with E-state index in [9.17, 15) is 14.4 Å². The summed E-state index contributed by atoms with van der Waals surface area (Å²) in [6.07, 6.45) is 3.10. The second-order valence-electron chi connectivity index (χ2n) is 16.5. The van der Waals surface area contributed by atoms with Crippen molar-refractivity contribution in [2.45, 2.75) is 67.0 Å². The number of nitrogens with zero attached hydrogens (tertiary/aromatic N) is 5. The van der Waals surface area contributed by atoms with Crippen molar-refractivity contribution >= 4 is 18.7 Å². The summed E-state index contributed by atoms with van der Waals surface area (Å²) in [5.74, 6) is 2.42. The molecule has 0 atom stereocenters. The first-order valence-electron chi connectivity index (χ1n) is 20.7. The van der Waals surface area contributed by atoms with Gasteiger partial charge in [-0.1, -0.05) is 86.5 Å². The lowest BCUT2D eigenvalue weighted by molar-refractivity contribution is -0.147.